The van der Waals surface area contributed by atoms with Crippen molar-refractivity contribution in [1.29, 1.82) is 0 Å². The lowest BCUT2D eigenvalue weighted by Crippen LogP contribution is -3.00. The number of nitrogens with one attached hydrogen (secondary N) is 2. The summed E-state index contributed by atoms with van der Waals surface area (Å²) < 4.78 is 2.64. The van der Waals surface area contributed by atoms with Crippen molar-refractivity contribution >= 4 is 17.1 Å². The molecule has 0 radical (unpaired) electrons. The largest absolute Gasteiger partial charge is 1.00 e. The number of fused-ring (bicyclic) bond motifs is 2. The Kier molecular flexibility index (Phi) is 8.68. The smallest absolute Gasteiger partial charge is 0.206 e. The number of hydrogen-bond acceptors (Lipinski definition) is 3. The first-order chi connectivity index (χ1) is 19.3. The predicted octanol–water partition coefficient (Wildman–Crippen LogP) is 4.07. The second-order valence-corrected chi connectivity index (χ2v) is 12.6. The fourth-order valence-electron chi connectivity index (χ4n) is 7.21. The minimum atomic E-state index is -0.0205. The van der Waals surface area contributed by atoms with E-state index in [0.29, 0.717) is 0 Å². The van der Waals surface area contributed by atoms with Gasteiger partial charge in [-0.2, -0.15) is 0 Å². The molecule has 216 valence electrons. The van der Waals surface area contributed by atoms with E-state index in [1.165, 1.54) is 57.2 Å². The van der Waals surface area contributed by atoms with Crippen LogP contribution in [-0.2, 0) is 10.8 Å². The standard InChI is InChI=1S/C36H44N4.HI/c1-6-40-31-17-10-8-15-29(31)36(4,5)33(40)21-19-27-13-11-12-26(34(27)39-24-22-37-23-25-39)18-20-32-35(2,3)28-14-7-9-16-30(28)38-32;/h7-10,14-21,37H,6,11-13,22-25H2,1-5H3;1H/b27-19+,33-21+;. The molecule has 2 fully saturated rings. The Morgan fingerprint density at radius 3 is 2.12 bits per heavy atom. The maximum Gasteiger partial charge on any atom is 0.206 e. The molecule has 5 heteroatoms. The number of piperazine rings is 1. The molecule has 0 atom stereocenters. The van der Waals surface area contributed by atoms with Gasteiger partial charge in [-0.3, -0.25) is 0 Å². The van der Waals surface area contributed by atoms with Gasteiger partial charge in [-0.05, 0) is 61.6 Å². The van der Waals surface area contributed by atoms with Gasteiger partial charge in [-0.1, -0.05) is 76.2 Å². The van der Waals surface area contributed by atoms with Crippen LogP contribution in [0, 0.1) is 0 Å². The molecule has 0 unspecified atom stereocenters. The molecular weight excluding hydrogens is 615 g/mol. The first-order valence-corrected chi connectivity index (χ1v) is 15.2. The Balaban J connectivity index is 0.00000337. The molecule has 2 aromatic rings. The van der Waals surface area contributed by atoms with Crippen LogP contribution < -0.4 is 39.5 Å². The van der Waals surface area contributed by atoms with Crippen molar-refractivity contribution in [2.24, 2.45) is 0 Å². The third kappa shape index (κ3) is 5.36. The summed E-state index contributed by atoms with van der Waals surface area (Å²) in [5, 5.41) is 7.27. The number of para-hydroxylation sites is 2. The first-order valence-electron chi connectivity index (χ1n) is 15.2. The molecule has 4 nitrogen and oxygen atoms in total. The fraction of sp³-hybridized carbons (Fsp3) is 0.417. The van der Waals surface area contributed by atoms with E-state index in [4.69, 9.17) is 0 Å². The molecule has 4 aliphatic rings. The number of nitrogens with zero attached hydrogens (tertiary/aromatic N) is 2. The summed E-state index contributed by atoms with van der Waals surface area (Å²) in [6, 6.07) is 17.6. The number of rotatable bonds is 3. The van der Waals surface area contributed by atoms with Crippen LogP contribution in [0.2, 0.25) is 0 Å². The zero-order chi connectivity index (χ0) is 27.9. The van der Waals surface area contributed by atoms with Gasteiger partial charge in [-0.25, -0.2) is 4.58 Å². The summed E-state index contributed by atoms with van der Waals surface area (Å²) in [5.74, 6) is 0. The molecule has 2 N–H and O–H groups in total. The van der Waals surface area contributed by atoms with Gasteiger partial charge >= 0.3 is 0 Å². The van der Waals surface area contributed by atoms with Gasteiger partial charge < -0.3 is 39.5 Å². The first kappa shape index (κ1) is 29.8. The summed E-state index contributed by atoms with van der Waals surface area (Å²) in [6.07, 6.45) is 13.1. The van der Waals surface area contributed by atoms with Crippen molar-refractivity contribution < 1.29 is 28.6 Å². The highest BCUT2D eigenvalue weighted by Gasteiger charge is 2.39. The van der Waals surface area contributed by atoms with Gasteiger partial charge in [0, 0.05) is 51.3 Å². The third-order valence-electron chi connectivity index (χ3n) is 9.49. The predicted molar refractivity (Wildman–Crippen MR) is 170 cm³/mol. The lowest BCUT2D eigenvalue weighted by molar-refractivity contribution is -0.531. The number of benzene rings is 2. The number of anilines is 2. The third-order valence-corrected chi connectivity index (χ3v) is 9.49. The summed E-state index contributed by atoms with van der Waals surface area (Å²) in [6.45, 7) is 16.9. The Bertz CT molecular complexity index is 1460. The molecule has 1 saturated heterocycles. The molecule has 0 aromatic heterocycles. The molecule has 0 spiro atoms. The van der Waals surface area contributed by atoms with Crippen molar-refractivity contribution in [3.05, 3.63) is 107 Å². The van der Waals surface area contributed by atoms with E-state index in [1.54, 1.807) is 0 Å². The van der Waals surface area contributed by atoms with Gasteiger partial charge in [0.25, 0.3) is 0 Å². The highest BCUT2D eigenvalue weighted by atomic mass is 127. The van der Waals surface area contributed by atoms with Crippen LogP contribution >= 0.6 is 0 Å². The molecule has 3 heterocycles. The molecule has 1 aliphatic carbocycles. The van der Waals surface area contributed by atoms with E-state index >= 15 is 0 Å². The summed E-state index contributed by atoms with van der Waals surface area (Å²) in [7, 11) is 0. The Morgan fingerprint density at radius 1 is 0.805 bits per heavy atom. The van der Waals surface area contributed by atoms with Crippen molar-refractivity contribution in [3.8, 4) is 0 Å². The molecule has 2 aromatic carbocycles. The topological polar surface area (TPSA) is 30.3 Å². The Labute approximate surface area is 264 Å². The summed E-state index contributed by atoms with van der Waals surface area (Å²) in [4.78, 5) is 2.51. The van der Waals surface area contributed by atoms with Crippen LogP contribution in [-0.4, -0.2) is 43.0 Å². The van der Waals surface area contributed by atoms with E-state index in [-0.39, 0.29) is 34.8 Å². The van der Waals surface area contributed by atoms with E-state index < -0.39 is 0 Å². The highest BCUT2D eigenvalue weighted by Crippen LogP contribution is 2.47. The number of halogens is 1. The maximum absolute atomic E-state index is 3.72. The van der Waals surface area contributed by atoms with Crippen molar-refractivity contribution in [2.75, 3.05) is 42.9 Å². The number of hydrogen-bond donors (Lipinski definition) is 2. The zero-order valence-corrected chi connectivity index (χ0v) is 27.5. The minimum Gasteiger partial charge on any atom is -1.00 e. The maximum atomic E-state index is 3.72. The number of allylic oxidation sites excluding steroid dienone is 8. The monoisotopic (exact) mass is 660 g/mol. The summed E-state index contributed by atoms with van der Waals surface area (Å²) >= 11 is 0. The van der Waals surface area contributed by atoms with Crippen LogP contribution in [0.25, 0.3) is 0 Å². The van der Waals surface area contributed by atoms with E-state index in [2.05, 4.69) is 128 Å². The second-order valence-electron chi connectivity index (χ2n) is 12.6. The molecule has 0 amide bonds. The van der Waals surface area contributed by atoms with E-state index in [0.717, 1.165) is 45.6 Å². The van der Waals surface area contributed by atoms with Crippen LogP contribution in [0.15, 0.2) is 95.4 Å². The van der Waals surface area contributed by atoms with Gasteiger partial charge in [-0.15, -0.1) is 0 Å². The van der Waals surface area contributed by atoms with Crippen LogP contribution in [0.3, 0.4) is 0 Å². The molecule has 1 saturated carbocycles. The molecular formula is C36H45IN4. The Hall–Kier alpha value is -2.64. The quantitative estimate of drug-likeness (QED) is 0.385. The van der Waals surface area contributed by atoms with Crippen LogP contribution in [0.5, 0.6) is 0 Å². The van der Waals surface area contributed by atoms with Crippen molar-refractivity contribution in [3.63, 3.8) is 0 Å². The lowest BCUT2D eigenvalue weighted by Gasteiger charge is -2.26. The average Bonchev–Trinajstić information content (AvgIpc) is 3.36. The zero-order valence-electron chi connectivity index (χ0n) is 25.4. The molecule has 0 bridgehead atoms. The SMILES string of the molecule is CCN1/C(=C/C=C2\CCC/C(=C\C=C3\Nc4ccccc4C3(C)C)C2=[N+]2CCNCC2)C(C)(C)c2ccccc21.[I-]. The van der Waals surface area contributed by atoms with Gasteiger partial charge in [0.15, 0.2) is 13.1 Å². The van der Waals surface area contributed by atoms with Crippen molar-refractivity contribution in [2.45, 2.75) is 64.7 Å². The fourth-order valence-corrected chi connectivity index (χ4v) is 7.21. The average molecular weight is 661 g/mol. The van der Waals surface area contributed by atoms with Crippen LogP contribution in [0.4, 0.5) is 11.4 Å². The number of likely N-dealkylation sites (N-methyl/N-ethyl adjacent to an activating group) is 1. The second kappa shape index (κ2) is 11.9. The lowest BCUT2D eigenvalue weighted by atomic mass is 9.82. The Morgan fingerprint density at radius 2 is 1.44 bits per heavy atom. The molecule has 6 rings (SSSR count). The highest BCUT2D eigenvalue weighted by molar-refractivity contribution is 6.10. The summed E-state index contributed by atoms with van der Waals surface area (Å²) in [5.41, 5.74) is 12.5. The van der Waals surface area contributed by atoms with Crippen LogP contribution in [0.1, 0.15) is 65.0 Å². The minimum absolute atomic E-state index is 0. The van der Waals surface area contributed by atoms with E-state index in [9.17, 15) is 0 Å². The van der Waals surface area contributed by atoms with Gasteiger partial charge in [0.05, 0.1) is 13.1 Å². The van der Waals surface area contributed by atoms with E-state index in [1.807, 2.05) is 0 Å². The van der Waals surface area contributed by atoms with Gasteiger partial charge in [0.1, 0.15) is 0 Å². The molecule has 41 heavy (non-hydrogen) atoms. The normalized spacial score (nSPS) is 25.0. The van der Waals surface area contributed by atoms with Crippen molar-refractivity contribution in [1.82, 2.24) is 5.32 Å². The van der Waals surface area contributed by atoms with Gasteiger partial charge in [0.2, 0.25) is 5.71 Å². The molecule has 3 aliphatic heterocycles.